The van der Waals surface area contributed by atoms with Gasteiger partial charge in [-0.05, 0) is 19.1 Å². The van der Waals surface area contributed by atoms with Crippen LogP contribution in [0.4, 0.5) is 8.78 Å². The SMILES string of the molecule is CC(c1c(F)cccc1F)S(=O)(=O)Cl. The molecule has 0 bridgehead atoms. The van der Waals surface area contributed by atoms with Crippen molar-refractivity contribution in [3.05, 3.63) is 35.4 Å². The van der Waals surface area contributed by atoms with Gasteiger partial charge in [-0.3, -0.25) is 0 Å². The zero-order valence-electron chi connectivity index (χ0n) is 7.17. The number of benzene rings is 1. The van der Waals surface area contributed by atoms with E-state index in [2.05, 4.69) is 0 Å². The Labute approximate surface area is 84.9 Å². The molecule has 0 radical (unpaired) electrons. The third kappa shape index (κ3) is 2.22. The monoisotopic (exact) mass is 240 g/mol. The minimum absolute atomic E-state index is 0.525. The topological polar surface area (TPSA) is 34.1 Å². The van der Waals surface area contributed by atoms with Crippen LogP contribution in [0.5, 0.6) is 0 Å². The third-order valence-electron chi connectivity index (χ3n) is 1.83. The number of hydrogen-bond acceptors (Lipinski definition) is 2. The fourth-order valence-electron chi connectivity index (χ4n) is 1.04. The molecule has 0 aliphatic rings. The van der Waals surface area contributed by atoms with Gasteiger partial charge in [-0.15, -0.1) is 0 Å². The molecule has 1 rings (SSSR count). The summed E-state index contributed by atoms with van der Waals surface area (Å²) in [6.45, 7) is 1.13. The van der Waals surface area contributed by atoms with E-state index < -0.39 is 31.5 Å². The summed E-state index contributed by atoms with van der Waals surface area (Å²) >= 11 is 0. The summed E-state index contributed by atoms with van der Waals surface area (Å²) < 4.78 is 47.9. The molecule has 0 spiro atoms. The van der Waals surface area contributed by atoms with E-state index in [-0.39, 0.29) is 0 Å². The van der Waals surface area contributed by atoms with E-state index in [1.54, 1.807) is 0 Å². The Bertz CT molecular complexity index is 424. The van der Waals surface area contributed by atoms with Gasteiger partial charge in [0, 0.05) is 16.2 Å². The van der Waals surface area contributed by atoms with Crippen LogP contribution in [-0.4, -0.2) is 8.42 Å². The van der Waals surface area contributed by atoms with Crippen molar-refractivity contribution in [2.45, 2.75) is 12.2 Å². The Kier molecular flexibility index (Phi) is 3.11. The minimum Gasteiger partial charge on any atom is -0.212 e. The lowest BCUT2D eigenvalue weighted by molar-refractivity contribution is 0.545. The zero-order valence-corrected chi connectivity index (χ0v) is 8.74. The first kappa shape index (κ1) is 11.4. The molecule has 0 saturated heterocycles. The van der Waals surface area contributed by atoms with Crippen LogP contribution in [0.15, 0.2) is 18.2 Å². The highest BCUT2D eigenvalue weighted by Gasteiger charge is 2.25. The maximum absolute atomic E-state index is 13.1. The molecular formula is C8H7ClF2O2S. The summed E-state index contributed by atoms with van der Waals surface area (Å²) in [4.78, 5) is 0. The van der Waals surface area contributed by atoms with Crippen LogP contribution in [0.2, 0.25) is 0 Å². The lowest BCUT2D eigenvalue weighted by Gasteiger charge is -2.09. The Balaban J connectivity index is 3.33. The maximum Gasteiger partial charge on any atom is 0.239 e. The molecule has 0 aromatic heterocycles. The Morgan fingerprint density at radius 2 is 1.71 bits per heavy atom. The van der Waals surface area contributed by atoms with Crippen molar-refractivity contribution in [1.82, 2.24) is 0 Å². The molecule has 0 amide bonds. The smallest absolute Gasteiger partial charge is 0.212 e. The van der Waals surface area contributed by atoms with E-state index >= 15 is 0 Å². The fourth-order valence-corrected chi connectivity index (χ4v) is 1.81. The van der Waals surface area contributed by atoms with Crippen molar-refractivity contribution in [1.29, 1.82) is 0 Å². The van der Waals surface area contributed by atoms with Gasteiger partial charge in [0.2, 0.25) is 9.05 Å². The molecule has 0 aliphatic heterocycles. The number of rotatable bonds is 2. The lowest BCUT2D eigenvalue weighted by Crippen LogP contribution is -2.07. The van der Waals surface area contributed by atoms with Gasteiger partial charge in [0.05, 0.1) is 0 Å². The van der Waals surface area contributed by atoms with Crippen LogP contribution in [-0.2, 0) is 9.05 Å². The Morgan fingerprint density at radius 1 is 1.29 bits per heavy atom. The highest BCUT2D eigenvalue weighted by atomic mass is 35.7. The highest BCUT2D eigenvalue weighted by Crippen LogP contribution is 2.29. The van der Waals surface area contributed by atoms with Crippen LogP contribution in [0.25, 0.3) is 0 Å². The Morgan fingerprint density at radius 3 is 2.07 bits per heavy atom. The van der Waals surface area contributed by atoms with Crippen LogP contribution < -0.4 is 0 Å². The van der Waals surface area contributed by atoms with Crippen LogP contribution in [0, 0.1) is 11.6 Å². The molecule has 1 atom stereocenters. The predicted molar refractivity (Wildman–Crippen MR) is 49.5 cm³/mol. The predicted octanol–water partition coefficient (Wildman–Crippen LogP) is 2.59. The second kappa shape index (κ2) is 3.82. The number of hydrogen-bond donors (Lipinski definition) is 0. The van der Waals surface area contributed by atoms with E-state index in [9.17, 15) is 17.2 Å². The van der Waals surface area contributed by atoms with E-state index in [1.165, 1.54) is 0 Å². The molecule has 2 nitrogen and oxygen atoms in total. The van der Waals surface area contributed by atoms with Crippen LogP contribution in [0.1, 0.15) is 17.7 Å². The lowest BCUT2D eigenvalue weighted by atomic mass is 10.1. The number of halogens is 3. The van der Waals surface area contributed by atoms with Gasteiger partial charge in [-0.2, -0.15) is 0 Å². The Hall–Kier alpha value is -0.680. The minimum atomic E-state index is -4.01. The third-order valence-corrected chi connectivity index (χ3v) is 3.71. The van der Waals surface area contributed by atoms with Crippen LogP contribution >= 0.6 is 10.7 Å². The summed E-state index contributed by atoms with van der Waals surface area (Å²) in [5.74, 6) is -1.83. The van der Waals surface area contributed by atoms with Crippen molar-refractivity contribution in [2.75, 3.05) is 0 Å². The average Bonchev–Trinajstić information content (AvgIpc) is 2.01. The van der Waals surface area contributed by atoms with Crippen LogP contribution in [0.3, 0.4) is 0 Å². The quantitative estimate of drug-likeness (QED) is 0.745. The van der Waals surface area contributed by atoms with Gasteiger partial charge in [0.25, 0.3) is 0 Å². The van der Waals surface area contributed by atoms with Gasteiger partial charge in [0.15, 0.2) is 0 Å². The zero-order chi connectivity index (χ0) is 10.9. The van der Waals surface area contributed by atoms with Gasteiger partial charge < -0.3 is 0 Å². The van der Waals surface area contributed by atoms with Gasteiger partial charge in [-0.1, -0.05) is 6.07 Å². The molecule has 0 aliphatic carbocycles. The molecule has 0 saturated carbocycles. The van der Waals surface area contributed by atoms with E-state index in [0.29, 0.717) is 0 Å². The van der Waals surface area contributed by atoms with E-state index in [0.717, 1.165) is 25.1 Å². The second-order valence-corrected chi connectivity index (χ2v) is 5.70. The molecule has 0 N–H and O–H groups in total. The normalized spacial score (nSPS) is 14.0. The molecule has 6 heteroatoms. The first-order valence-electron chi connectivity index (χ1n) is 3.71. The molecule has 1 aromatic carbocycles. The summed E-state index contributed by atoms with van der Waals surface area (Å²) in [6.07, 6.45) is 0. The average molecular weight is 241 g/mol. The highest BCUT2D eigenvalue weighted by molar-refractivity contribution is 8.13. The van der Waals surface area contributed by atoms with E-state index in [1.807, 2.05) is 0 Å². The van der Waals surface area contributed by atoms with Crippen molar-refractivity contribution < 1.29 is 17.2 Å². The molecule has 0 fully saturated rings. The van der Waals surface area contributed by atoms with Crippen molar-refractivity contribution in [3.8, 4) is 0 Å². The maximum atomic E-state index is 13.1. The second-order valence-electron chi connectivity index (χ2n) is 2.75. The van der Waals surface area contributed by atoms with Crippen molar-refractivity contribution in [3.63, 3.8) is 0 Å². The van der Waals surface area contributed by atoms with E-state index in [4.69, 9.17) is 10.7 Å². The molecule has 0 heterocycles. The van der Waals surface area contributed by atoms with Crippen molar-refractivity contribution >= 4 is 19.7 Å². The standard InChI is InChI=1S/C8H7ClF2O2S/c1-5(14(9,12)13)8-6(10)3-2-4-7(8)11/h2-5H,1H3. The molecule has 1 aromatic rings. The molecule has 14 heavy (non-hydrogen) atoms. The van der Waals surface area contributed by atoms with Crippen molar-refractivity contribution in [2.24, 2.45) is 0 Å². The first-order valence-corrected chi connectivity index (χ1v) is 6.08. The first-order chi connectivity index (χ1) is 6.34. The fraction of sp³-hybridized carbons (Fsp3) is 0.250. The molecular weight excluding hydrogens is 234 g/mol. The summed E-state index contributed by atoms with van der Waals surface area (Å²) in [7, 11) is 0.992. The summed E-state index contributed by atoms with van der Waals surface area (Å²) in [6, 6.07) is 3.12. The summed E-state index contributed by atoms with van der Waals surface area (Å²) in [5, 5.41) is -1.40. The van der Waals surface area contributed by atoms with Gasteiger partial charge in [0.1, 0.15) is 16.9 Å². The molecule has 78 valence electrons. The van der Waals surface area contributed by atoms with Gasteiger partial charge >= 0.3 is 0 Å². The molecule has 1 unspecified atom stereocenters. The van der Waals surface area contributed by atoms with Gasteiger partial charge in [-0.25, -0.2) is 17.2 Å². The summed E-state index contributed by atoms with van der Waals surface area (Å²) in [5.41, 5.74) is -0.525. The largest absolute Gasteiger partial charge is 0.239 e.